The number of aromatic nitrogens is 3. The van der Waals surface area contributed by atoms with Crippen LogP contribution in [-0.2, 0) is 17.9 Å². The Morgan fingerprint density at radius 1 is 1.08 bits per heavy atom. The number of hydrogen-bond acceptors (Lipinski definition) is 5. The third kappa shape index (κ3) is 3.89. The van der Waals surface area contributed by atoms with Gasteiger partial charge in [0.25, 0.3) is 0 Å². The minimum Gasteiger partial charge on any atom is -0.350 e. The van der Waals surface area contributed by atoms with Gasteiger partial charge in [0.05, 0.1) is 12.2 Å². The second kappa shape index (κ2) is 7.63. The fraction of sp³-hybridized carbons (Fsp3) is 0.105. The molecule has 5 nitrogen and oxygen atoms in total. The van der Waals surface area contributed by atoms with Gasteiger partial charge in [-0.05, 0) is 23.6 Å². The van der Waals surface area contributed by atoms with Crippen molar-refractivity contribution in [2.45, 2.75) is 13.1 Å². The van der Waals surface area contributed by atoms with Crippen molar-refractivity contribution in [1.82, 2.24) is 20.1 Å². The Morgan fingerprint density at radius 2 is 2.00 bits per heavy atom. The van der Waals surface area contributed by atoms with E-state index in [0.29, 0.717) is 6.54 Å². The summed E-state index contributed by atoms with van der Waals surface area (Å²) in [6.07, 6.45) is 3.63. The SMILES string of the molecule is O=C(Cn1ccc(-c2cccc(-c3nccs3)c2)n1)NCc1cccs1. The summed E-state index contributed by atoms with van der Waals surface area (Å²) in [5.74, 6) is -0.0513. The number of thiophene rings is 1. The average Bonchev–Trinajstić information content (AvgIpc) is 3.42. The molecule has 0 unspecified atom stereocenters. The Hall–Kier alpha value is -2.77. The summed E-state index contributed by atoms with van der Waals surface area (Å²) < 4.78 is 1.66. The number of hydrogen-bond donors (Lipinski definition) is 1. The van der Waals surface area contributed by atoms with Crippen LogP contribution in [0.15, 0.2) is 65.6 Å². The molecule has 0 saturated heterocycles. The third-order valence-corrected chi connectivity index (χ3v) is 5.52. The van der Waals surface area contributed by atoms with Crippen LogP contribution in [0.5, 0.6) is 0 Å². The smallest absolute Gasteiger partial charge is 0.242 e. The molecule has 0 atom stereocenters. The minimum absolute atomic E-state index is 0.0513. The van der Waals surface area contributed by atoms with Crippen LogP contribution in [0, 0.1) is 0 Å². The highest BCUT2D eigenvalue weighted by atomic mass is 32.1. The molecule has 1 amide bonds. The highest BCUT2D eigenvalue weighted by Crippen LogP contribution is 2.26. The number of nitrogens with one attached hydrogen (secondary N) is 1. The minimum atomic E-state index is -0.0513. The number of rotatable bonds is 6. The molecule has 0 saturated carbocycles. The van der Waals surface area contributed by atoms with Crippen LogP contribution in [-0.4, -0.2) is 20.7 Å². The van der Waals surface area contributed by atoms with Crippen LogP contribution < -0.4 is 5.32 Å². The number of carbonyl (C=O) groups is 1. The monoisotopic (exact) mass is 380 g/mol. The molecule has 130 valence electrons. The first kappa shape index (κ1) is 16.7. The predicted octanol–water partition coefficient (Wildman–Crippen LogP) is 4.05. The largest absolute Gasteiger partial charge is 0.350 e. The number of carbonyl (C=O) groups excluding carboxylic acids is 1. The molecular formula is C19H16N4OS2. The lowest BCUT2D eigenvalue weighted by Gasteiger charge is -2.04. The number of thiazole rings is 1. The van der Waals surface area contributed by atoms with Gasteiger partial charge in [-0.25, -0.2) is 4.98 Å². The standard InChI is InChI=1S/C19H16N4OS2/c24-18(21-12-16-5-2-9-25-16)13-23-8-6-17(22-23)14-3-1-4-15(11-14)19-20-7-10-26-19/h1-11H,12-13H2,(H,21,24). The van der Waals surface area contributed by atoms with Crippen molar-refractivity contribution < 1.29 is 4.79 Å². The van der Waals surface area contributed by atoms with Gasteiger partial charge in [-0.1, -0.05) is 24.3 Å². The van der Waals surface area contributed by atoms with Crippen molar-refractivity contribution in [3.63, 3.8) is 0 Å². The first-order valence-corrected chi connectivity index (χ1v) is 9.87. The fourth-order valence-corrected chi connectivity index (χ4v) is 3.86. The molecule has 7 heteroatoms. The Morgan fingerprint density at radius 3 is 2.81 bits per heavy atom. The van der Waals surface area contributed by atoms with Gasteiger partial charge in [0, 0.05) is 33.8 Å². The number of nitrogens with zero attached hydrogens (tertiary/aromatic N) is 3. The van der Waals surface area contributed by atoms with E-state index in [1.54, 1.807) is 33.6 Å². The predicted molar refractivity (Wildman–Crippen MR) is 105 cm³/mol. The van der Waals surface area contributed by atoms with E-state index in [1.807, 2.05) is 53.4 Å². The van der Waals surface area contributed by atoms with Crippen LogP contribution in [0.3, 0.4) is 0 Å². The van der Waals surface area contributed by atoms with Gasteiger partial charge in [-0.15, -0.1) is 22.7 Å². The van der Waals surface area contributed by atoms with Crippen molar-refractivity contribution >= 4 is 28.6 Å². The van der Waals surface area contributed by atoms with E-state index in [-0.39, 0.29) is 12.5 Å². The first-order valence-electron chi connectivity index (χ1n) is 8.11. The zero-order valence-corrected chi connectivity index (χ0v) is 15.5. The molecule has 0 bridgehead atoms. The summed E-state index contributed by atoms with van der Waals surface area (Å²) in [4.78, 5) is 17.6. The molecule has 0 aliphatic heterocycles. The maximum atomic E-state index is 12.1. The lowest BCUT2D eigenvalue weighted by Crippen LogP contribution is -2.26. The maximum Gasteiger partial charge on any atom is 0.242 e. The molecule has 0 aliphatic carbocycles. The second-order valence-corrected chi connectivity index (χ2v) is 7.60. The van der Waals surface area contributed by atoms with Gasteiger partial charge in [-0.3, -0.25) is 9.48 Å². The van der Waals surface area contributed by atoms with E-state index in [0.717, 1.165) is 26.7 Å². The quantitative estimate of drug-likeness (QED) is 0.549. The van der Waals surface area contributed by atoms with Crippen LogP contribution >= 0.6 is 22.7 Å². The number of amides is 1. The summed E-state index contributed by atoms with van der Waals surface area (Å²) in [7, 11) is 0. The molecule has 3 aromatic heterocycles. The molecular weight excluding hydrogens is 364 g/mol. The van der Waals surface area contributed by atoms with Crippen molar-refractivity contribution in [2.75, 3.05) is 0 Å². The zero-order valence-electron chi connectivity index (χ0n) is 13.8. The Balaban J connectivity index is 1.43. The first-order chi connectivity index (χ1) is 12.8. The van der Waals surface area contributed by atoms with Crippen molar-refractivity contribution in [1.29, 1.82) is 0 Å². The van der Waals surface area contributed by atoms with Crippen molar-refractivity contribution in [2.24, 2.45) is 0 Å². The van der Waals surface area contributed by atoms with Crippen LogP contribution in [0.2, 0.25) is 0 Å². The van der Waals surface area contributed by atoms with Gasteiger partial charge in [0.2, 0.25) is 5.91 Å². The highest BCUT2D eigenvalue weighted by molar-refractivity contribution is 7.13. The Labute approximate surface area is 159 Å². The molecule has 0 fully saturated rings. The molecule has 3 heterocycles. The van der Waals surface area contributed by atoms with E-state index < -0.39 is 0 Å². The molecule has 0 aliphatic rings. The van der Waals surface area contributed by atoms with Crippen LogP contribution in [0.4, 0.5) is 0 Å². The Kier molecular flexibility index (Phi) is 4.90. The molecule has 1 N–H and O–H groups in total. The normalized spacial score (nSPS) is 10.8. The average molecular weight is 380 g/mol. The Bertz CT molecular complexity index is 990. The number of benzene rings is 1. The summed E-state index contributed by atoms with van der Waals surface area (Å²) in [6, 6.07) is 14.0. The van der Waals surface area contributed by atoms with Crippen LogP contribution in [0.25, 0.3) is 21.8 Å². The van der Waals surface area contributed by atoms with Gasteiger partial charge in [-0.2, -0.15) is 5.10 Å². The lowest BCUT2D eigenvalue weighted by atomic mass is 10.1. The maximum absolute atomic E-state index is 12.1. The molecule has 1 aromatic carbocycles. The zero-order chi connectivity index (χ0) is 17.8. The van der Waals surface area contributed by atoms with E-state index in [9.17, 15) is 4.79 Å². The van der Waals surface area contributed by atoms with Crippen LogP contribution in [0.1, 0.15) is 4.88 Å². The van der Waals surface area contributed by atoms with Gasteiger partial charge in [0.1, 0.15) is 11.6 Å². The highest BCUT2D eigenvalue weighted by Gasteiger charge is 2.08. The molecule has 4 rings (SSSR count). The second-order valence-electron chi connectivity index (χ2n) is 5.67. The summed E-state index contributed by atoms with van der Waals surface area (Å²) in [5, 5.41) is 12.4. The van der Waals surface area contributed by atoms with Gasteiger partial charge < -0.3 is 5.32 Å². The molecule has 0 spiro atoms. The van der Waals surface area contributed by atoms with Gasteiger partial charge >= 0.3 is 0 Å². The summed E-state index contributed by atoms with van der Waals surface area (Å²) in [5.41, 5.74) is 2.92. The fourth-order valence-electron chi connectivity index (χ4n) is 2.58. The third-order valence-electron chi connectivity index (χ3n) is 3.82. The van der Waals surface area contributed by atoms with E-state index in [4.69, 9.17) is 0 Å². The van der Waals surface area contributed by atoms with Crippen molar-refractivity contribution in [3.8, 4) is 21.8 Å². The lowest BCUT2D eigenvalue weighted by molar-refractivity contribution is -0.122. The van der Waals surface area contributed by atoms with Gasteiger partial charge in [0.15, 0.2) is 0 Å². The molecule has 0 radical (unpaired) electrons. The topological polar surface area (TPSA) is 59.8 Å². The van der Waals surface area contributed by atoms with E-state index >= 15 is 0 Å². The van der Waals surface area contributed by atoms with E-state index in [2.05, 4.69) is 21.5 Å². The summed E-state index contributed by atoms with van der Waals surface area (Å²) >= 11 is 3.24. The summed E-state index contributed by atoms with van der Waals surface area (Å²) in [6.45, 7) is 0.762. The molecule has 4 aromatic rings. The molecule has 26 heavy (non-hydrogen) atoms. The van der Waals surface area contributed by atoms with Crippen molar-refractivity contribution in [3.05, 3.63) is 70.5 Å². The van der Waals surface area contributed by atoms with E-state index in [1.165, 1.54) is 0 Å².